The van der Waals surface area contributed by atoms with Crippen molar-refractivity contribution in [3.63, 3.8) is 0 Å². The van der Waals surface area contributed by atoms with E-state index in [1.54, 1.807) is 24.3 Å². The smallest absolute Gasteiger partial charge is 0.306 e. The highest BCUT2D eigenvalue weighted by molar-refractivity contribution is 5.69. The Morgan fingerprint density at radius 1 is 1.37 bits per heavy atom. The first-order chi connectivity index (χ1) is 8.76. The maximum absolute atomic E-state index is 11.6. The van der Waals surface area contributed by atoms with E-state index in [2.05, 4.69) is 0 Å². The largest absolute Gasteiger partial charge is 0.508 e. The second-order valence-electron chi connectivity index (χ2n) is 5.55. The van der Waals surface area contributed by atoms with E-state index in [0.717, 1.165) is 0 Å². The highest BCUT2D eigenvalue weighted by atomic mass is 16.6. The van der Waals surface area contributed by atoms with Crippen LogP contribution >= 0.6 is 0 Å². The van der Waals surface area contributed by atoms with Crippen LogP contribution in [-0.2, 0) is 9.53 Å². The third-order valence-corrected chi connectivity index (χ3v) is 2.33. The summed E-state index contributed by atoms with van der Waals surface area (Å²) in [4.78, 5) is 11.6. The molecular formula is C15H22O4. The van der Waals surface area contributed by atoms with Gasteiger partial charge in [-0.15, -0.1) is 0 Å². The fourth-order valence-electron chi connectivity index (χ4n) is 1.56. The van der Waals surface area contributed by atoms with E-state index in [9.17, 15) is 9.90 Å². The minimum absolute atomic E-state index is 0.116. The number of phenolic OH excluding ortho intramolecular Hbond substituents is 1. The van der Waals surface area contributed by atoms with Gasteiger partial charge in [-0.05, 0) is 46.2 Å². The van der Waals surface area contributed by atoms with E-state index in [-0.39, 0.29) is 17.8 Å². The molecule has 0 aliphatic carbocycles. The van der Waals surface area contributed by atoms with Crippen molar-refractivity contribution < 1.29 is 19.4 Å². The average Bonchev–Trinajstić information content (AvgIpc) is 2.24. The van der Waals surface area contributed by atoms with Crippen LogP contribution in [0.25, 0.3) is 0 Å². The summed E-state index contributed by atoms with van der Waals surface area (Å²) in [6.45, 7) is 7.42. The first kappa shape index (κ1) is 15.3. The number of rotatable bonds is 5. The summed E-state index contributed by atoms with van der Waals surface area (Å²) in [6, 6.07) is 6.61. The molecule has 106 valence electrons. The van der Waals surface area contributed by atoms with Crippen molar-refractivity contribution >= 4 is 5.97 Å². The summed E-state index contributed by atoms with van der Waals surface area (Å²) >= 11 is 0. The van der Waals surface area contributed by atoms with Crippen molar-refractivity contribution in [2.75, 3.05) is 0 Å². The lowest BCUT2D eigenvalue weighted by Crippen LogP contribution is -2.25. The predicted octanol–water partition coefficient (Wildman–Crippen LogP) is 3.28. The highest BCUT2D eigenvalue weighted by Gasteiger charge is 2.17. The summed E-state index contributed by atoms with van der Waals surface area (Å²) in [6.07, 6.45) is 0.774. The maximum Gasteiger partial charge on any atom is 0.306 e. The fraction of sp³-hybridized carbons (Fsp3) is 0.533. The summed E-state index contributed by atoms with van der Waals surface area (Å²) < 4.78 is 10.8. The lowest BCUT2D eigenvalue weighted by molar-refractivity contribution is -0.155. The number of carbonyl (C=O) groups is 1. The standard InChI is InChI=1S/C15H22O4/c1-11(8-9-14(17)19-15(2,3)4)18-13-7-5-6-12(16)10-13/h5-7,10-11,16H,8-9H2,1-4H3/t11-/m0/s1. The molecule has 0 spiro atoms. The van der Waals surface area contributed by atoms with Crippen LogP contribution in [0.3, 0.4) is 0 Å². The molecule has 19 heavy (non-hydrogen) atoms. The van der Waals surface area contributed by atoms with Crippen molar-refractivity contribution in [1.82, 2.24) is 0 Å². The van der Waals surface area contributed by atoms with Crippen LogP contribution in [0.5, 0.6) is 11.5 Å². The fourth-order valence-corrected chi connectivity index (χ4v) is 1.56. The first-order valence-electron chi connectivity index (χ1n) is 6.44. The molecule has 1 atom stereocenters. The Labute approximate surface area is 114 Å². The molecule has 0 aliphatic rings. The molecule has 0 aromatic heterocycles. The van der Waals surface area contributed by atoms with Crippen LogP contribution < -0.4 is 4.74 Å². The van der Waals surface area contributed by atoms with Crippen LogP contribution in [-0.4, -0.2) is 22.8 Å². The number of aromatic hydroxyl groups is 1. The zero-order valence-electron chi connectivity index (χ0n) is 12.0. The Morgan fingerprint density at radius 2 is 2.05 bits per heavy atom. The van der Waals surface area contributed by atoms with Crippen molar-refractivity contribution in [1.29, 1.82) is 0 Å². The average molecular weight is 266 g/mol. The summed E-state index contributed by atoms with van der Waals surface area (Å²) in [5.41, 5.74) is -0.452. The Kier molecular flexibility index (Phi) is 5.21. The zero-order chi connectivity index (χ0) is 14.5. The van der Waals surface area contributed by atoms with Crippen molar-refractivity contribution in [3.05, 3.63) is 24.3 Å². The van der Waals surface area contributed by atoms with E-state index < -0.39 is 5.60 Å². The molecule has 1 aromatic rings. The second-order valence-corrected chi connectivity index (χ2v) is 5.55. The Balaban J connectivity index is 2.36. The number of esters is 1. The quantitative estimate of drug-likeness (QED) is 0.831. The van der Waals surface area contributed by atoms with E-state index in [1.165, 1.54) is 0 Å². The number of benzene rings is 1. The molecule has 4 heteroatoms. The third-order valence-electron chi connectivity index (χ3n) is 2.33. The molecule has 0 saturated heterocycles. The van der Waals surface area contributed by atoms with Gasteiger partial charge in [-0.3, -0.25) is 4.79 Å². The molecule has 0 radical (unpaired) electrons. The van der Waals surface area contributed by atoms with Crippen LogP contribution in [0.4, 0.5) is 0 Å². The Hall–Kier alpha value is -1.71. The van der Waals surface area contributed by atoms with E-state index >= 15 is 0 Å². The molecule has 0 heterocycles. The van der Waals surface area contributed by atoms with Gasteiger partial charge in [0.05, 0.1) is 6.10 Å². The van der Waals surface area contributed by atoms with Gasteiger partial charge in [-0.2, -0.15) is 0 Å². The molecular weight excluding hydrogens is 244 g/mol. The lowest BCUT2D eigenvalue weighted by atomic mass is 10.2. The summed E-state index contributed by atoms with van der Waals surface area (Å²) in [5, 5.41) is 9.32. The molecule has 4 nitrogen and oxygen atoms in total. The third kappa shape index (κ3) is 6.70. The molecule has 0 fully saturated rings. The monoisotopic (exact) mass is 266 g/mol. The first-order valence-corrected chi connectivity index (χ1v) is 6.44. The Morgan fingerprint density at radius 3 is 2.63 bits per heavy atom. The topological polar surface area (TPSA) is 55.8 Å². The van der Waals surface area contributed by atoms with Crippen molar-refractivity contribution in [2.24, 2.45) is 0 Å². The molecule has 0 bridgehead atoms. The van der Waals surface area contributed by atoms with Gasteiger partial charge in [0.2, 0.25) is 0 Å². The second kappa shape index (κ2) is 6.45. The number of ether oxygens (including phenoxy) is 2. The van der Waals surface area contributed by atoms with Crippen molar-refractivity contribution in [3.8, 4) is 11.5 Å². The number of hydrogen-bond donors (Lipinski definition) is 1. The SMILES string of the molecule is C[C@@H](CCC(=O)OC(C)(C)C)Oc1cccc(O)c1. The van der Waals surface area contributed by atoms with Gasteiger partial charge in [0, 0.05) is 12.5 Å². The van der Waals surface area contributed by atoms with Crippen molar-refractivity contribution in [2.45, 2.75) is 52.2 Å². The maximum atomic E-state index is 11.6. The van der Waals surface area contributed by atoms with Gasteiger partial charge in [-0.25, -0.2) is 0 Å². The van der Waals surface area contributed by atoms with Crippen LogP contribution in [0, 0.1) is 0 Å². The molecule has 0 amide bonds. The Bertz CT molecular complexity index is 420. The number of hydrogen-bond acceptors (Lipinski definition) is 4. The molecule has 1 aromatic carbocycles. The zero-order valence-corrected chi connectivity index (χ0v) is 12.0. The minimum atomic E-state index is -0.452. The number of phenols is 1. The van der Waals surface area contributed by atoms with Gasteiger partial charge < -0.3 is 14.6 Å². The van der Waals surface area contributed by atoms with Gasteiger partial charge in [0.25, 0.3) is 0 Å². The molecule has 0 unspecified atom stereocenters. The minimum Gasteiger partial charge on any atom is -0.508 e. The van der Waals surface area contributed by atoms with Gasteiger partial charge in [0.1, 0.15) is 17.1 Å². The lowest BCUT2D eigenvalue weighted by Gasteiger charge is -2.20. The van der Waals surface area contributed by atoms with Crippen LogP contribution in [0.15, 0.2) is 24.3 Å². The van der Waals surface area contributed by atoms with E-state index in [0.29, 0.717) is 18.6 Å². The van der Waals surface area contributed by atoms with Crippen LogP contribution in [0.1, 0.15) is 40.5 Å². The molecule has 1 rings (SSSR count). The predicted molar refractivity (Wildman–Crippen MR) is 73.3 cm³/mol. The van der Waals surface area contributed by atoms with Gasteiger partial charge in [0.15, 0.2) is 0 Å². The van der Waals surface area contributed by atoms with Gasteiger partial charge >= 0.3 is 5.97 Å². The molecule has 1 N–H and O–H groups in total. The molecule has 0 aliphatic heterocycles. The highest BCUT2D eigenvalue weighted by Crippen LogP contribution is 2.20. The summed E-state index contributed by atoms with van der Waals surface area (Å²) in [7, 11) is 0. The van der Waals surface area contributed by atoms with E-state index in [1.807, 2.05) is 27.7 Å². The van der Waals surface area contributed by atoms with E-state index in [4.69, 9.17) is 9.47 Å². The normalized spacial score (nSPS) is 12.8. The number of carbonyl (C=O) groups excluding carboxylic acids is 1. The van der Waals surface area contributed by atoms with Gasteiger partial charge in [-0.1, -0.05) is 6.07 Å². The van der Waals surface area contributed by atoms with Crippen LogP contribution in [0.2, 0.25) is 0 Å². The summed E-state index contributed by atoms with van der Waals surface area (Å²) in [5.74, 6) is 0.535. The molecule has 0 saturated carbocycles.